The fraction of sp³-hybridized carbons (Fsp3) is 0.500. The monoisotopic (exact) mass is 707 g/mol. The van der Waals surface area contributed by atoms with E-state index in [1.165, 1.54) is 22.8 Å². The molecule has 0 N–H and O–H groups in total. The predicted molar refractivity (Wildman–Crippen MR) is 163 cm³/mol. The summed E-state index contributed by atoms with van der Waals surface area (Å²) in [5.74, 6) is 0. The molecule has 0 aliphatic heterocycles. The fourth-order valence-corrected chi connectivity index (χ4v) is 7.04. The van der Waals surface area contributed by atoms with Gasteiger partial charge in [-0.2, -0.15) is 0 Å². The van der Waals surface area contributed by atoms with Gasteiger partial charge in [0.2, 0.25) is 0 Å². The van der Waals surface area contributed by atoms with E-state index in [0.717, 1.165) is 54.3 Å². The first kappa shape index (κ1) is 29.8. The lowest BCUT2D eigenvalue weighted by Crippen LogP contribution is -2.33. The van der Waals surface area contributed by atoms with Crippen molar-refractivity contribution in [3.05, 3.63) is 77.9 Å². The zero-order valence-corrected chi connectivity index (χ0v) is 25.5. The Balaban J connectivity index is 2.21. The zero-order valence-electron chi connectivity index (χ0n) is 20.4. The van der Waals surface area contributed by atoms with Crippen LogP contribution in [0, 0.1) is 6.92 Å². The Morgan fingerprint density at radius 1 is 0.882 bits per heavy atom. The molecule has 1 unspecified atom stereocenters. The lowest BCUT2D eigenvalue weighted by Gasteiger charge is -2.27. The smallest absolute Gasteiger partial charge is 0.185 e. The van der Waals surface area contributed by atoms with Gasteiger partial charge >= 0.3 is 0 Å². The summed E-state index contributed by atoms with van der Waals surface area (Å²) >= 11 is 4.82. The van der Waals surface area contributed by atoms with Crippen molar-refractivity contribution in [2.24, 2.45) is 0 Å². The fourth-order valence-electron chi connectivity index (χ4n) is 4.12. The molecule has 0 fully saturated rings. The van der Waals surface area contributed by atoms with E-state index in [4.69, 9.17) is 0 Å². The van der Waals surface area contributed by atoms with Gasteiger partial charge in [0.05, 0.1) is 10.1 Å². The van der Waals surface area contributed by atoms with E-state index in [1.807, 2.05) is 25.1 Å². The third-order valence-electron chi connectivity index (χ3n) is 6.06. The van der Waals surface area contributed by atoms with E-state index in [9.17, 15) is 8.42 Å². The molecule has 0 bridgehead atoms. The molecule has 6 heteroatoms. The number of hydrogen-bond acceptors (Lipinski definition) is 3. The summed E-state index contributed by atoms with van der Waals surface area (Å²) in [6.07, 6.45) is 7.27. The van der Waals surface area contributed by atoms with Crippen molar-refractivity contribution in [1.82, 2.24) is 4.90 Å². The third-order valence-corrected chi connectivity index (χ3v) is 9.84. The average molecular weight is 708 g/mol. The van der Waals surface area contributed by atoms with Crippen LogP contribution in [-0.2, 0) is 16.4 Å². The molecule has 0 aromatic heterocycles. The van der Waals surface area contributed by atoms with Gasteiger partial charge < -0.3 is 0 Å². The first-order chi connectivity index (χ1) is 16.4. The van der Waals surface area contributed by atoms with Crippen LogP contribution >= 0.6 is 45.2 Å². The number of halogens is 2. The molecule has 34 heavy (non-hydrogen) atoms. The van der Waals surface area contributed by atoms with Gasteiger partial charge in [-0.25, -0.2) is 8.42 Å². The first-order valence-corrected chi connectivity index (χ1v) is 16.8. The highest BCUT2D eigenvalue weighted by atomic mass is 127. The molecule has 2 aromatic carbocycles. The molecule has 0 saturated carbocycles. The Morgan fingerprint density at radius 3 is 2.12 bits per heavy atom. The van der Waals surface area contributed by atoms with Crippen LogP contribution in [0.3, 0.4) is 0 Å². The van der Waals surface area contributed by atoms with Crippen LogP contribution < -0.4 is 0 Å². The van der Waals surface area contributed by atoms with Crippen LogP contribution in [0.2, 0.25) is 0 Å². The molecule has 2 aromatic rings. The number of alkyl halides is 2. The first-order valence-electron chi connectivity index (χ1n) is 12.2. The van der Waals surface area contributed by atoms with Crippen LogP contribution in [0.5, 0.6) is 0 Å². The molecule has 3 nitrogen and oxygen atoms in total. The third kappa shape index (κ3) is 10.3. The Kier molecular flexibility index (Phi) is 14.3. The van der Waals surface area contributed by atoms with E-state index < -0.39 is 15.1 Å². The maximum atomic E-state index is 13.7. The summed E-state index contributed by atoms with van der Waals surface area (Å²) in [5.41, 5.74) is 3.14. The molecule has 0 aliphatic rings. The van der Waals surface area contributed by atoms with Gasteiger partial charge in [0.1, 0.15) is 0 Å². The maximum Gasteiger partial charge on any atom is 0.185 e. The van der Waals surface area contributed by atoms with Crippen molar-refractivity contribution in [3.8, 4) is 0 Å². The number of nitrogens with zero attached hydrogens (tertiary/aromatic N) is 1. The van der Waals surface area contributed by atoms with Crippen molar-refractivity contribution in [2.75, 3.05) is 21.9 Å². The van der Waals surface area contributed by atoms with Gasteiger partial charge in [-0.05, 0) is 71.3 Å². The highest BCUT2D eigenvalue weighted by molar-refractivity contribution is 14.1. The summed E-state index contributed by atoms with van der Waals surface area (Å²) in [6.45, 7) is 8.73. The standard InChI is InChI=1S/C28H39I2NO2S/c1-24-15-17-27(18-16-24)34(32,33)28(14-8-4-9-19-29)25(2)22-31(21-11-5-10-20-30)23-26-12-6-3-7-13-26/h3,6-7,12-13,15-18,28H,2,4-5,8-11,14,19-23H2,1H3. The lowest BCUT2D eigenvalue weighted by atomic mass is 10.1. The topological polar surface area (TPSA) is 37.4 Å². The van der Waals surface area contributed by atoms with Crippen molar-refractivity contribution in [2.45, 2.75) is 68.6 Å². The molecule has 0 aliphatic carbocycles. The Labute approximate surface area is 235 Å². The number of hydrogen-bond donors (Lipinski definition) is 0. The maximum absolute atomic E-state index is 13.7. The van der Waals surface area contributed by atoms with E-state index in [0.29, 0.717) is 17.9 Å². The Bertz CT molecular complexity index is 946. The second-order valence-corrected chi connectivity index (χ2v) is 13.3. The average Bonchev–Trinajstić information content (AvgIpc) is 2.82. The van der Waals surface area contributed by atoms with Gasteiger partial charge in [0.25, 0.3) is 0 Å². The van der Waals surface area contributed by atoms with Gasteiger partial charge in [-0.1, -0.05) is 119 Å². The quantitative estimate of drug-likeness (QED) is 0.0730. The van der Waals surface area contributed by atoms with Gasteiger partial charge in [-0.3, -0.25) is 4.90 Å². The summed E-state index contributed by atoms with van der Waals surface area (Å²) in [5, 5.41) is -0.544. The molecular weight excluding hydrogens is 668 g/mol. The summed E-state index contributed by atoms with van der Waals surface area (Å²) in [4.78, 5) is 2.79. The molecule has 0 radical (unpaired) electrons. The summed E-state index contributed by atoms with van der Waals surface area (Å²) in [7, 11) is -3.48. The highest BCUT2D eigenvalue weighted by Crippen LogP contribution is 2.27. The van der Waals surface area contributed by atoms with Crippen molar-refractivity contribution in [3.63, 3.8) is 0 Å². The minimum absolute atomic E-state index is 0.412. The number of benzene rings is 2. The van der Waals surface area contributed by atoms with E-state index in [-0.39, 0.29) is 0 Å². The number of sulfone groups is 1. The normalized spacial score (nSPS) is 12.7. The molecule has 0 amide bonds. The van der Waals surface area contributed by atoms with Gasteiger partial charge in [0.15, 0.2) is 9.84 Å². The SMILES string of the molecule is C=C(CN(CCCCCI)Cc1ccccc1)C(CCCCCI)S(=O)(=O)c1ccc(C)cc1. The molecular formula is C28H39I2NO2S. The summed E-state index contributed by atoms with van der Waals surface area (Å²) in [6, 6.07) is 17.7. The van der Waals surface area contributed by atoms with Crippen LogP contribution in [0.1, 0.15) is 56.1 Å². The molecule has 0 heterocycles. The Morgan fingerprint density at radius 2 is 1.50 bits per heavy atom. The Hall–Kier alpha value is -0.450. The molecule has 0 saturated heterocycles. The van der Waals surface area contributed by atoms with Crippen LogP contribution in [-0.4, -0.2) is 40.5 Å². The molecule has 0 spiro atoms. The summed E-state index contributed by atoms with van der Waals surface area (Å²) < 4.78 is 29.7. The van der Waals surface area contributed by atoms with Crippen molar-refractivity contribution < 1.29 is 8.42 Å². The van der Waals surface area contributed by atoms with Crippen LogP contribution in [0.25, 0.3) is 0 Å². The van der Waals surface area contributed by atoms with Crippen molar-refractivity contribution >= 4 is 55.0 Å². The highest BCUT2D eigenvalue weighted by Gasteiger charge is 2.30. The minimum Gasteiger partial charge on any atom is -0.295 e. The molecule has 1 atom stereocenters. The van der Waals surface area contributed by atoms with E-state index >= 15 is 0 Å². The van der Waals surface area contributed by atoms with Crippen molar-refractivity contribution in [1.29, 1.82) is 0 Å². The van der Waals surface area contributed by atoms with E-state index in [1.54, 1.807) is 12.1 Å². The number of unbranched alkanes of at least 4 members (excludes halogenated alkanes) is 4. The molecule has 188 valence electrons. The van der Waals surface area contributed by atoms with Crippen LogP contribution in [0.4, 0.5) is 0 Å². The second kappa shape index (κ2) is 16.3. The second-order valence-electron chi connectivity index (χ2n) is 8.99. The number of aryl methyl sites for hydroxylation is 1. The van der Waals surface area contributed by atoms with E-state index in [2.05, 4.69) is 80.9 Å². The predicted octanol–water partition coefficient (Wildman–Crippen LogP) is 7.80. The van der Waals surface area contributed by atoms with Crippen LogP contribution in [0.15, 0.2) is 71.6 Å². The van der Waals surface area contributed by atoms with Gasteiger partial charge in [-0.15, -0.1) is 0 Å². The number of rotatable bonds is 17. The largest absolute Gasteiger partial charge is 0.295 e. The molecule has 2 rings (SSSR count). The zero-order chi connectivity index (χ0) is 24.8. The lowest BCUT2D eigenvalue weighted by molar-refractivity contribution is 0.278. The van der Waals surface area contributed by atoms with Gasteiger partial charge in [0, 0.05) is 13.1 Å². The minimum atomic E-state index is -3.48.